The van der Waals surface area contributed by atoms with Crippen LogP contribution in [0.2, 0.25) is 0 Å². The predicted octanol–water partition coefficient (Wildman–Crippen LogP) is 2.35. The molecule has 0 amide bonds. The van der Waals surface area contributed by atoms with E-state index in [0.717, 1.165) is 17.9 Å². The van der Waals surface area contributed by atoms with E-state index in [0.29, 0.717) is 13.0 Å². The maximum atomic E-state index is 10.2. The minimum atomic E-state index is -0.540. The van der Waals surface area contributed by atoms with Gasteiger partial charge in [-0.2, -0.15) is 5.26 Å². The van der Waals surface area contributed by atoms with E-state index >= 15 is 0 Å². The summed E-state index contributed by atoms with van der Waals surface area (Å²) in [5, 5.41) is 22.3. The second-order valence-electron chi connectivity index (χ2n) is 7.25. The van der Waals surface area contributed by atoms with Gasteiger partial charge in [-0.05, 0) is 44.6 Å². The van der Waals surface area contributed by atoms with Crippen LogP contribution in [0.1, 0.15) is 37.7 Å². The molecule has 0 heterocycles. The molecule has 0 saturated heterocycles. The van der Waals surface area contributed by atoms with Gasteiger partial charge in [0.25, 0.3) is 0 Å². The second-order valence-corrected chi connectivity index (χ2v) is 7.25. The average molecular weight is 345 g/mol. The molecule has 1 saturated carbocycles. The molecule has 0 aliphatic heterocycles. The zero-order chi connectivity index (χ0) is 18.1. The summed E-state index contributed by atoms with van der Waals surface area (Å²) < 4.78 is 5.63. The van der Waals surface area contributed by atoms with Crippen LogP contribution >= 0.6 is 0 Å². The zero-order valence-corrected chi connectivity index (χ0v) is 15.5. The Morgan fingerprint density at radius 1 is 1.24 bits per heavy atom. The van der Waals surface area contributed by atoms with Gasteiger partial charge in [0.1, 0.15) is 18.5 Å². The van der Waals surface area contributed by atoms with Crippen molar-refractivity contribution in [3.05, 3.63) is 29.8 Å². The van der Waals surface area contributed by atoms with Gasteiger partial charge in [-0.25, -0.2) is 0 Å². The normalized spacial score (nSPS) is 17.9. The summed E-state index contributed by atoms with van der Waals surface area (Å²) in [6, 6.07) is 9.57. The Balaban J connectivity index is 1.71. The summed E-state index contributed by atoms with van der Waals surface area (Å²) in [5.41, 5.74) is 1.19. The summed E-state index contributed by atoms with van der Waals surface area (Å²) >= 11 is 0. The fraction of sp³-hybridized carbons (Fsp3) is 0.650. The lowest BCUT2D eigenvalue weighted by molar-refractivity contribution is 0.0789. The molecule has 0 bridgehead atoms. The SMILES string of the molecule is CN(C)C1(CNC[C@@H](O)COc2ccc(CC#N)cc2)CCCCC1. The van der Waals surface area contributed by atoms with Crippen LogP contribution in [-0.4, -0.2) is 55.4 Å². The van der Waals surface area contributed by atoms with Crippen LogP contribution in [-0.2, 0) is 6.42 Å². The van der Waals surface area contributed by atoms with Crippen LogP contribution in [0.15, 0.2) is 24.3 Å². The van der Waals surface area contributed by atoms with Gasteiger partial charge in [-0.3, -0.25) is 0 Å². The van der Waals surface area contributed by atoms with Gasteiger partial charge in [0.15, 0.2) is 0 Å². The van der Waals surface area contributed by atoms with E-state index in [4.69, 9.17) is 10.00 Å². The molecule has 25 heavy (non-hydrogen) atoms. The highest BCUT2D eigenvalue weighted by molar-refractivity contribution is 5.28. The molecule has 1 aromatic carbocycles. The van der Waals surface area contributed by atoms with E-state index in [1.165, 1.54) is 32.1 Å². The maximum absolute atomic E-state index is 10.2. The van der Waals surface area contributed by atoms with E-state index in [1.54, 1.807) is 0 Å². The van der Waals surface area contributed by atoms with Crippen molar-refractivity contribution in [2.24, 2.45) is 0 Å². The Bertz CT molecular complexity index is 545. The Morgan fingerprint density at radius 2 is 1.92 bits per heavy atom. The third-order valence-corrected chi connectivity index (χ3v) is 5.22. The molecule has 5 nitrogen and oxygen atoms in total. The van der Waals surface area contributed by atoms with E-state index in [-0.39, 0.29) is 12.1 Å². The quantitative estimate of drug-likeness (QED) is 0.719. The first-order valence-corrected chi connectivity index (χ1v) is 9.21. The highest BCUT2D eigenvalue weighted by Crippen LogP contribution is 2.31. The summed E-state index contributed by atoms with van der Waals surface area (Å²) in [7, 11) is 4.31. The number of likely N-dealkylation sites (N-methyl/N-ethyl adjacent to an activating group) is 1. The number of nitrogens with one attached hydrogen (secondary N) is 1. The van der Waals surface area contributed by atoms with Gasteiger partial charge >= 0.3 is 0 Å². The molecule has 5 heteroatoms. The molecule has 0 aromatic heterocycles. The van der Waals surface area contributed by atoms with Crippen molar-refractivity contribution in [3.63, 3.8) is 0 Å². The van der Waals surface area contributed by atoms with Crippen molar-refractivity contribution in [2.45, 2.75) is 50.2 Å². The monoisotopic (exact) mass is 345 g/mol. The van der Waals surface area contributed by atoms with E-state index in [1.807, 2.05) is 24.3 Å². The van der Waals surface area contributed by atoms with Gasteiger partial charge in [0, 0.05) is 18.6 Å². The number of nitrogens with zero attached hydrogens (tertiary/aromatic N) is 2. The first kappa shape index (κ1) is 19.7. The molecule has 1 aromatic rings. The van der Waals surface area contributed by atoms with Crippen molar-refractivity contribution in [2.75, 3.05) is 33.8 Å². The van der Waals surface area contributed by atoms with Gasteiger partial charge in [0.05, 0.1) is 12.5 Å². The van der Waals surface area contributed by atoms with Crippen LogP contribution < -0.4 is 10.1 Å². The Labute approximate surface area is 151 Å². The van der Waals surface area contributed by atoms with Gasteiger partial charge < -0.3 is 20.1 Å². The smallest absolute Gasteiger partial charge is 0.119 e. The zero-order valence-electron chi connectivity index (χ0n) is 15.5. The lowest BCUT2D eigenvalue weighted by atomic mass is 9.80. The number of aliphatic hydroxyl groups is 1. The number of hydrogen-bond acceptors (Lipinski definition) is 5. The largest absolute Gasteiger partial charge is 0.491 e. The summed E-state index contributed by atoms with van der Waals surface area (Å²) in [4.78, 5) is 2.34. The van der Waals surface area contributed by atoms with Crippen molar-refractivity contribution >= 4 is 0 Å². The fourth-order valence-electron chi connectivity index (χ4n) is 3.51. The van der Waals surface area contributed by atoms with Crippen LogP contribution in [0.3, 0.4) is 0 Å². The van der Waals surface area contributed by atoms with Gasteiger partial charge in [-0.15, -0.1) is 0 Å². The molecule has 0 radical (unpaired) electrons. The van der Waals surface area contributed by atoms with Gasteiger partial charge in [-0.1, -0.05) is 31.4 Å². The highest BCUT2D eigenvalue weighted by atomic mass is 16.5. The number of rotatable bonds is 9. The lowest BCUT2D eigenvalue weighted by Gasteiger charge is -2.43. The number of benzene rings is 1. The molecule has 1 fully saturated rings. The first-order chi connectivity index (χ1) is 12.1. The van der Waals surface area contributed by atoms with Crippen LogP contribution in [0.5, 0.6) is 5.75 Å². The fourth-order valence-corrected chi connectivity index (χ4v) is 3.51. The standard InChI is InChI=1S/C20H31N3O2/c1-23(2)20(11-4-3-5-12-20)16-22-14-18(24)15-25-19-8-6-17(7-9-19)10-13-21/h6-9,18,22,24H,3-5,10-12,14-16H2,1-2H3/t18-/m1/s1. The van der Waals surface area contributed by atoms with Crippen LogP contribution in [0.25, 0.3) is 0 Å². The summed E-state index contributed by atoms with van der Waals surface area (Å²) in [6.07, 6.45) is 6.20. The van der Waals surface area contributed by atoms with Crippen molar-refractivity contribution < 1.29 is 9.84 Å². The third kappa shape index (κ3) is 6.00. The van der Waals surface area contributed by atoms with Gasteiger partial charge in [0.2, 0.25) is 0 Å². The molecule has 2 N–H and O–H groups in total. The maximum Gasteiger partial charge on any atom is 0.119 e. The highest BCUT2D eigenvalue weighted by Gasteiger charge is 2.33. The Morgan fingerprint density at radius 3 is 2.52 bits per heavy atom. The number of aliphatic hydroxyl groups excluding tert-OH is 1. The van der Waals surface area contributed by atoms with Crippen LogP contribution in [0.4, 0.5) is 0 Å². The topological polar surface area (TPSA) is 68.5 Å². The minimum absolute atomic E-state index is 0.218. The van der Waals surface area contributed by atoms with Crippen LogP contribution in [0, 0.1) is 11.3 Å². The van der Waals surface area contributed by atoms with Crippen molar-refractivity contribution in [1.82, 2.24) is 10.2 Å². The first-order valence-electron chi connectivity index (χ1n) is 9.21. The molecule has 2 rings (SSSR count). The van der Waals surface area contributed by atoms with Crippen molar-refractivity contribution in [3.8, 4) is 11.8 Å². The molecular weight excluding hydrogens is 314 g/mol. The van der Waals surface area contributed by atoms with E-state index in [9.17, 15) is 5.11 Å². The third-order valence-electron chi connectivity index (χ3n) is 5.22. The van der Waals surface area contributed by atoms with E-state index < -0.39 is 6.10 Å². The second kappa shape index (κ2) is 9.76. The summed E-state index contributed by atoms with van der Waals surface area (Å²) in [5.74, 6) is 0.720. The molecule has 138 valence electrons. The Hall–Kier alpha value is -1.61. The number of hydrogen-bond donors (Lipinski definition) is 2. The average Bonchev–Trinajstić information content (AvgIpc) is 2.62. The molecule has 0 spiro atoms. The molecule has 1 aliphatic rings. The predicted molar refractivity (Wildman–Crippen MR) is 99.6 cm³/mol. The molecule has 1 aliphatic carbocycles. The summed E-state index contributed by atoms with van der Waals surface area (Å²) in [6.45, 7) is 1.70. The molecule has 1 atom stereocenters. The number of ether oxygens (including phenoxy) is 1. The number of nitriles is 1. The molecular formula is C20H31N3O2. The minimum Gasteiger partial charge on any atom is -0.491 e. The van der Waals surface area contributed by atoms with Crippen molar-refractivity contribution in [1.29, 1.82) is 5.26 Å². The van der Waals surface area contributed by atoms with E-state index in [2.05, 4.69) is 30.4 Å². The Kier molecular flexibility index (Phi) is 7.70. The lowest BCUT2D eigenvalue weighted by Crippen LogP contribution is -2.53. The molecule has 0 unspecified atom stereocenters.